The minimum Gasteiger partial charge on any atom is -0.488 e. The molecular weight excluding hydrogens is 314 g/mol. The summed E-state index contributed by atoms with van der Waals surface area (Å²) in [6.45, 7) is 6.54. The van der Waals surface area contributed by atoms with Gasteiger partial charge in [-0.2, -0.15) is 0 Å². The third-order valence-corrected chi connectivity index (χ3v) is 4.60. The van der Waals surface area contributed by atoms with Crippen LogP contribution >= 0.6 is 0 Å². The first kappa shape index (κ1) is 17.5. The highest BCUT2D eigenvalue weighted by molar-refractivity contribution is 5.91. The monoisotopic (exact) mass is 341 g/mol. The van der Waals surface area contributed by atoms with Crippen LogP contribution in [0.15, 0.2) is 60.7 Å². The summed E-state index contributed by atoms with van der Waals surface area (Å²) in [6.07, 6.45) is 0. The van der Waals surface area contributed by atoms with Crippen LogP contribution in [-0.2, 0) is 4.79 Å². The van der Waals surface area contributed by atoms with Crippen molar-refractivity contribution in [2.24, 2.45) is 0 Å². The molecule has 2 aromatic carbocycles. The molecule has 2 aromatic rings. The average Bonchev–Trinajstić information content (AvgIpc) is 2.65. The first-order valence-corrected chi connectivity index (χ1v) is 8.99. The normalized spacial score (nSPS) is 20.0. The molecule has 5 heteroatoms. The zero-order valence-corrected chi connectivity index (χ0v) is 14.5. The van der Waals surface area contributed by atoms with E-state index in [1.807, 2.05) is 60.7 Å². The van der Waals surface area contributed by atoms with Crippen molar-refractivity contribution in [3.05, 3.63) is 60.7 Å². The lowest BCUT2D eigenvalue weighted by atomic mass is 10.3. The molecule has 3 rings (SSSR count). The Bertz CT molecular complexity index is 641. The summed E-state index contributed by atoms with van der Waals surface area (Å²) in [5.74, 6) is 1.03. The molecule has 5 nitrogen and oxygen atoms in total. The fourth-order valence-corrected chi connectivity index (χ4v) is 3.17. The van der Waals surface area contributed by atoms with Gasteiger partial charge in [0.2, 0.25) is 0 Å². The number of para-hydroxylation sites is 2. The lowest BCUT2D eigenvalue weighted by molar-refractivity contribution is -1.01. The van der Waals surface area contributed by atoms with Gasteiger partial charge in [-0.25, -0.2) is 0 Å². The van der Waals surface area contributed by atoms with E-state index >= 15 is 0 Å². The molecule has 0 unspecified atom stereocenters. The summed E-state index contributed by atoms with van der Waals surface area (Å²) >= 11 is 0. The molecule has 1 aliphatic heterocycles. The van der Waals surface area contributed by atoms with Gasteiger partial charge in [0.25, 0.3) is 5.91 Å². The second kappa shape index (κ2) is 9.20. The highest BCUT2D eigenvalue weighted by atomic mass is 16.5. The standard InChI is InChI=1S/C20H25N3O2/c24-20(21-18-7-3-1-4-8-18)17-23-13-11-22(12-14-23)15-16-25-19-9-5-2-6-10-19/h1-10H,11-17H2,(H,21,24)/p+2. The molecule has 3 N–H and O–H groups in total. The Morgan fingerprint density at radius 2 is 1.48 bits per heavy atom. The number of rotatable bonds is 7. The van der Waals surface area contributed by atoms with E-state index in [0.29, 0.717) is 6.54 Å². The second-order valence-corrected chi connectivity index (χ2v) is 6.50. The van der Waals surface area contributed by atoms with Crippen LogP contribution in [-0.4, -0.2) is 51.8 Å². The number of quaternary nitrogens is 2. The minimum absolute atomic E-state index is 0.0945. The predicted molar refractivity (Wildman–Crippen MR) is 98.1 cm³/mol. The number of hydrogen-bond acceptors (Lipinski definition) is 2. The maximum absolute atomic E-state index is 12.1. The predicted octanol–water partition coefficient (Wildman–Crippen LogP) is -0.512. The van der Waals surface area contributed by atoms with Gasteiger partial charge in [-0.3, -0.25) is 4.79 Å². The maximum Gasteiger partial charge on any atom is 0.279 e. The van der Waals surface area contributed by atoms with E-state index in [2.05, 4.69) is 5.32 Å². The number of benzene rings is 2. The quantitative estimate of drug-likeness (QED) is 0.635. The summed E-state index contributed by atoms with van der Waals surface area (Å²) in [7, 11) is 0. The molecule has 1 aliphatic rings. The van der Waals surface area contributed by atoms with Gasteiger partial charge in [-0.1, -0.05) is 36.4 Å². The van der Waals surface area contributed by atoms with Crippen molar-refractivity contribution >= 4 is 11.6 Å². The third kappa shape index (κ3) is 5.89. The van der Waals surface area contributed by atoms with E-state index in [-0.39, 0.29) is 5.91 Å². The van der Waals surface area contributed by atoms with Gasteiger partial charge in [0.15, 0.2) is 6.54 Å². The second-order valence-electron chi connectivity index (χ2n) is 6.50. The zero-order chi connectivity index (χ0) is 17.3. The fourth-order valence-electron chi connectivity index (χ4n) is 3.17. The van der Waals surface area contributed by atoms with Crippen LogP contribution in [0.1, 0.15) is 0 Å². The Balaban J connectivity index is 1.32. The number of carbonyl (C=O) groups excluding carboxylic acids is 1. The molecule has 0 aliphatic carbocycles. The Hall–Kier alpha value is -2.37. The summed E-state index contributed by atoms with van der Waals surface area (Å²) in [4.78, 5) is 15.1. The number of ether oxygens (including phenoxy) is 1. The van der Waals surface area contributed by atoms with Crippen molar-refractivity contribution in [2.45, 2.75) is 0 Å². The van der Waals surface area contributed by atoms with Crippen molar-refractivity contribution in [1.82, 2.24) is 0 Å². The van der Waals surface area contributed by atoms with Gasteiger partial charge in [-0.15, -0.1) is 0 Å². The van der Waals surface area contributed by atoms with Crippen LogP contribution in [0.3, 0.4) is 0 Å². The number of anilines is 1. The molecular formula is C20H27N3O2+2. The average molecular weight is 341 g/mol. The van der Waals surface area contributed by atoms with Gasteiger partial charge in [0.05, 0.1) is 0 Å². The molecule has 0 spiro atoms. The molecule has 0 radical (unpaired) electrons. The molecule has 0 saturated carbocycles. The van der Waals surface area contributed by atoms with Crippen molar-refractivity contribution in [2.75, 3.05) is 51.2 Å². The minimum atomic E-state index is 0.0945. The van der Waals surface area contributed by atoms with Crippen molar-refractivity contribution in [1.29, 1.82) is 0 Å². The Morgan fingerprint density at radius 3 is 2.16 bits per heavy atom. The lowest BCUT2D eigenvalue weighted by Crippen LogP contribution is -3.28. The van der Waals surface area contributed by atoms with Crippen molar-refractivity contribution in [3.63, 3.8) is 0 Å². The van der Waals surface area contributed by atoms with Crippen LogP contribution in [0.4, 0.5) is 5.69 Å². The maximum atomic E-state index is 12.1. The van der Waals surface area contributed by atoms with E-state index in [4.69, 9.17) is 4.74 Å². The van der Waals surface area contributed by atoms with E-state index in [9.17, 15) is 4.79 Å². The molecule has 132 valence electrons. The molecule has 1 amide bonds. The number of nitrogens with one attached hydrogen (secondary N) is 3. The smallest absolute Gasteiger partial charge is 0.279 e. The van der Waals surface area contributed by atoms with Gasteiger partial charge in [0.1, 0.15) is 45.1 Å². The topological polar surface area (TPSA) is 47.2 Å². The van der Waals surface area contributed by atoms with Gasteiger partial charge in [0, 0.05) is 5.69 Å². The van der Waals surface area contributed by atoms with E-state index in [1.165, 1.54) is 4.90 Å². The first-order chi connectivity index (χ1) is 12.3. The van der Waals surface area contributed by atoms with E-state index < -0.39 is 0 Å². The van der Waals surface area contributed by atoms with E-state index in [1.54, 1.807) is 4.90 Å². The molecule has 1 saturated heterocycles. The molecule has 0 atom stereocenters. The highest BCUT2D eigenvalue weighted by Gasteiger charge is 2.24. The molecule has 1 fully saturated rings. The van der Waals surface area contributed by atoms with Crippen molar-refractivity contribution < 1.29 is 19.3 Å². The lowest BCUT2D eigenvalue weighted by Gasteiger charge is -2.29. The molecule has 25 heavy (non-hydrogen) atoms. The molecule has 0 bridgehead atoms. The molecule has 0 aromatic heterocycles. The Morgan fingerprint density at radius 1 is 0.880 bits per heavy atom. The zero-order valence-electron chi connectivity index (χ0n) is 14.5. The number of hydrogen-bond donors (Lipinski definition) is 3. The van der Waals surface area contributed by atoms with Crippen LogP contribution < -0.4 is 19.9 Å². The summed E-state index contributed by atoms with van der Waals surface area (Å²) < 4.78 is 5.77. The van der Waals surface area contributed by atoms with Gasteiger partial charge >= 0.3 is 0 Å². The first-order valence-electron chi connectivity index (χ1n) is 8.99. The SMILES string of the molecule is O=C(C[NH+]1CC[NH+](CCOc2ccccc2)CC1)Nc1ccccc1. The third-order valence-electron chi connectivity index (χ3n) is 4.60. The van der Waals surface area contributed by atoms with Gasteiger partial charge in [-0.05, 0) is 24.3 Å². The Labute approximate surface area is 149 Å². The van der Waals surface area contributed by atoms with Crippen LogP contribution in [0.2, 0.25) is 0 Å². The van der Waals surface area contributed by atoms with Crippen LogP contribution in [0, 0.1) is 0 Å². The van der Waals surface area contributed by atoms with Crippen LogP contribution in [0.25, 0.3) is 0 Å². The highest BCUT2D eigenvalue weighted by Crippen LogP contribution is 2.07. The summed E-state index contributed by atoms with van der Waals surface area (Å²) in [6, 6.07) is 19.6. The number of carbonyl (C=O) groups is 1. The fraction of sp³-hybridized carbons (Fsp3) is 0.350. The number of piperazine rings is 1. The van der Waals surface area contributed by atoms with Gasteiger partial charge < -0.3 is 19.9 Å². The van der Waals surface area contributed by atoms with E-state index in [0.717, 1.165) is 50.8 Å². The largest absolute Gasteiger partial charge is 0.488 e. The van der Waals surface area contributed by atoms with Crippen LogP contribution in [0.5, 0.6) is 5.75 Å². The Kier molecular flexibility index (Phi) is 6.42. The summed E-state index contributed by atoms with van der Waals surface area (Å²) in [5, 5.41) is 2.97. The molecule has 1 heterocycles. The van der Waals surface area contributed by atoms with Crippen molar-refractivity contribution in [3.8, 4) is 5.75 Å². The summed E-state index contributed by atoms with van der Waals surface area (Å²) in [5.41, 5.74) is 0.870. The number of amides is 1.